The standard InChI is InChI=1S/C15H17N3S/c1-10-5-3-7-13(15(16)19)14(10)18-11(2)12-6-4-8-17-9-12/h3-9,11,18H,1-2H3,(H2,16,19). The van der Waals surface area contributed by atoms with E-state index in [9.17, 15) is 0 Å². The zero-order valence-electron chi connectivity index (χ0n) is 11.1. The number of nitrogens with one attached hydrogen (secondary N) is 1. The second-order valence-corrected chi connectivity index (χ2v) is 4.95. The Hall–Kier alpha value is -1.94. The molecule has 4 heteroatoms. The normalized spacial score (nSPS) is 11.9. The van der Waals surface area contributed by atoms with Crippen LogP contribution in [0.3, 0.4) is 0 Å². The van der Waals surface area contributed by atoms with E-state index in [0.29, 0.717) is 4.99 Å². The van der Waals surface area contributed by atoms with Crippen LogP contribution in [-0.2, 0) is 0 Å². The zero-order chi connectivity index (χ0) is 13.8. The summed E-state index contributed by atoms with van der Waals surface area (Å²) in [5, 5.41) is 3.47. The molecule has 1 atom stereocenters. The van der Waals surface area contributed by atoms with Crippen LogP contribution in [0.15, 0.2) is 42.7 Å². The van der Waals surface area contributed by atoms with Gasteiger partial charge >= 0.3 is 0 Å². The van der Waals surface area contributed by atoms with Gasteiger partial charge in [-0.2, -0.15) is 0 Å². The molecule has 1 aromatic carbocycles. The Bertz CT molecular complexity index is 581. The van der Waals surface area contributed by atoms with E-state index >= 15 is 0 Å². The maximum absolute atomic E-state index is 5.78. The van der Waals surface area contributed by atoms with Crippen LogP contribution < -0.4 is 11.1 Å². The molecule has 98 valence electrons. The van der Waals surface area contributed by atoms with Crippen molar-refractivity contribution in [2.45, 2.75) is 19.9 Å². The predicted molar refractivity (Wildman–Crippen MR) is 83.3 cm³/mol. The van der Waals surface area contributed by atoms with Crippen molar-refractivity contribution in [1.29, 1.82) is 0 Å². The number of hydrogen-bond acceptors (Lipinski definition) is 3. The summed E-state index contributed by atoms with van der Waals surface area (Å²) in [7, 11) is 0. The average molecular weight is 271 g/mol. The number of pyridine rings is 1. The van der Waals surface area contributed by atoms with Crippen LogP contribution in [0.5, 0.6) is 0 Å². The monoisotopic (exact) mass is 271 g/mol. The highest BCUT2D eigenvalue weighted by Crippen LogP contribution is 2.25. The maximum Gasteiger partial charge on any atom is 0.106 e. The molecular weight excluding hydrogens is 254 g/mol. The quantitative estimate of drug-likeness (QED) is 0.838. The molecule has 0 bridgehead atoms. The van der Waals surface area contributed by atoms with Gasteiger partial charge in [0.2, 0.25) is 0 Å². The topological polar surface area (TPSA) is 50.9 Å². The van der Waals surface area contributed by atoms with Crippen LogP contribution in [0.25, 0.3) is 0 Å². The summed E-state index contributed by atoms with van der Waals surface area (Å²) in [4.78, 5) is 4.54. The molecule has 3 nitrogen and oxygen atoms in total. The molecule has 0 radical (unpaired) electrons. The summed E-state index contributed by atoms with van der Waals surface area (Å²) in [5.41, 5.74) is 9.90. The van der Waals surface area contributed by atoms with Crippen molar-refractivity contribution in [3.8, 4) is 0 Å². The highest BCUT2D eigenvalue weighted by molar-refractivity contribution is 7.80. The molecule has 1 unspecified atom stereocenters. The van der Waals surface area contributed by atoms with Gasteiger partial charge in [-0.3, -0.25) is 4.98 Å². The van der Waals surface area contributed by atoms with Gasteiger partial charge in [0.05, 0.1) is 6.04 Å². The predicted octanol–water partition coefficient (Wildman–Crippen LogP) is 3.20. The summed E-state index contributed by atoms with van der Waals surface area (Å²) in [5.74, 6) is 0. The Balaban J connectivity index is 2.31. The lowest BCUT2D eigenvalue weighted by molar-refractivity contribution is 0.873. The molecule has 3 N–H and O–H groups in total. The molecule has 0 aliphatic heterocycles. The lowest BCUT2D eigenvalue weighted by Crippen LogP contribution is -2.16. The summed E-state index contributed by atoms with van der Waals surface area (Å²) < 4.78 is 0. The molecule has 0 saturated heterocycles. The van der Waals surface area contributed by atoms with E-state index in [1.54, 1.807) is 6.20 Å². The molecule has 0 saturated carbocycles. The van der Waals surface area contributed by atoms with Crippen molar-refractivity contribution in [3.63, 3.8) is 0 Å². The van der Waals surface area contributed by atoms with Gasteiger partial charge in [0.1, 0.15) is 4.99 Å². The van der Waals surface area contributed by atoms with Crippen LogP contribution in [0.2, 0.25) is 0 Å². The molecule has 0 spiro atoms. The molecule has 1 aromatic heterocycles. The van der Waals surface area contributed by atoms with Gasteiger partial charge in [-0.25, -0.2) is 0 Å². The number of anilines is 1. The minimum atomic E-state index is 0.142. The highest BCUT2D eigenvalue weighted by atomic mass is 32.1. The van der Waals surface area contributed by atoms with Gasteiger partial charge in [0.25, 0.3) is 0 Å². The van der Waals surface area contributed by atoms with E-state index in [2.05, 4.69) is 17.2 Å². The molecule has 2 aromatic rings. The number of thiocarbonyl (C=S) groups is 1. The lowest BCUT2D eigenvalue weighted by atomic mass is 10.1. The molecule has 0 fully saturated rings. The maximum atomic E-state index is 5.78. The fourth-order valence-corrected chi connectivity index (χ4v) is 2.17. The third-order valence-corrected chi connectivity index (χ3v) is 3.30. The van der Waals surface area contributed by atoms with Gasteiger partial charge in [0, 0.05) is 23.6 Å². The highest BCUT2D eigenvalue weighted by Gasteiger charge is 2.11. The molecule has 2 rings (SSSR count). The second-order valence-electron chi connectivity index (χ2n) is 4.51. The minimum Gasteiger partial charge on any atom is -0.389 e. The van der Waals surface area contributed by atoms with E-state index in [0.717, 1.165) is 22.4 Å². The number of benzene rings is 1. The van der Waals surface area contributed by atoms with Crippen molar-refractivity contribution in [1.82, 2.24) is 4.98 Å². The first-order valence-electron chi connectivity index (χ1n) is 6.15. The molecular formula is C15H17N3S. The number of para-hydroxylation sites is 1. The Morgan fingerprint density at radius 2 is 2.11 bits per heavy atom. The number of nitrogens with zero attached hydrogens (tertiary/aromatic N) is 1. The first-order valence-corrected chi connectivity index (χ1v) is 6.56. The van der Waals surface area contributed by atoms with Gasteiger partial charge < -0.3 is 11.1 Å². The summed E-state index contributed by atoms with van der Waals surface area (Å²) in [6.45, 7) is 4.13. The average Bonchev–Trinajstić information content (AvgIpc) is 2.41. The van der Waals surface area contributed by atoms with Gasteiger partial charge in [-0.1, -0.05) is 30.4 Å². The van der Waals surface area contributed by atoms with E-state index in [4.69, 9.17) is 18.0 Å². The summed E-state index contributed by atoms with van der Waals surface area (Å²) in [6.07, 6.45) is 3.63. The van der Waals surface area contributed by atoms with Crippen molar-refractivity contribution >= 4 is 22.9 Å². The van der Waals surface area contributed by atoms with Crippen LogP contribution in [-0.4, -0.2) is 9.97 Å². The minimum absolute atomic E-state index is 0.142. The van der Waals surface area contributed by atoms with Crippen molar-refractivity contribution < 1.29 is 0 Å². The third-order valence-electron chi connectivity index (χ3n) is 3.08. The lowest BCUT2D eigenvalue weighted by Gasteiger charge is -2.19. The van der Waals surface area contributed by atoms with E-state index in [1.165, 1.54) is 0 Å². The molecule has 19 heavy (non-hydrogen) atoms. The van der Waals surface area contributed by atoms with Crippen molar-refractivity contribution in [3.05, 3.63) is 59.4 Å². The summed E-state index contributed by atoms with van der Waals surface area (Å²) in [6, 6.07) is 10.1. The Morgan fingerprint density at radius 3 is 2.74 bits per heavy atom. The molecule has 0 aliphatic carbocycles. The first kappa shape index (κ1) is 13.5. The van der Waals surface area contributed by atoms with Crippen LogP contribution >= 0.6 is 12.2 Å². The van der Waals surface area contributed by atoms with Crippen molar-refractivity contribution in [2.75, 3.05) is 5.32 Å². The zero-order valence-corrected chi connectivity index (χ0v) is 11.9. The van der Waals surface area contributed by atoms with Crippen LogP contribution in [0.4, 0.5) is 5.69 Å². The Kier molecular flexibility index (Phi) is 4.12. The fourth-order valence-electron chi connectivity index (χ4n) is 2.00. The van der Waals surface area contributed by atoms with E-state index in [1.807, 2.05) is 43.5 Å². The third kappa shape index (κ3) is 3.09. The van der Waals surface area contributed by atoms with Gasteiger partial charge in [0.15, 0.2) is 0 Å². The van der Waals surface area contributed by atoms with Gasteiger partial charge in [-0.15, -0.1) is 0 Å². The van der Waals surface area contributed by atoms with E-state index < -0.39 is 0 Å². The Labute approximate surface area is 118 Å². The number of aromatic nitrogens is 1. The van der Waals surface area contributed by atoms with Crippen LogP contribution in [0, 0.1) is 6.92 Å². The van der Waals surface area contributed by atoms with Crippen molar-refractivity contribution in [2.24, 2.45) is 5.73 Å². The van der Waals surface area contributed by atoms with E-state index in [-0.39, 0.29) is 6.04 Å². The molecule has 0 amide bonds. The van der Waals surface area contributed by atoms with Gasteiger partial charge in [-0.05, 0) is 37.1 Å². The SMILES string of the molecule is Cc1cccc(C(N)=S)c1NC(C)c1cccnc1. The van der Waals surface area contributed by atoms with Crippen LogP contribution in [0.1, 0.15) is 29.7 Å². The molecule has 1 heterocycles. The largest absolute Gasteiger partial charge is 0.389 e. The number of aryl methyl sites for hydroxylation is 1. The number of rotatable bonds is 4. The second kappa shape index (κ2) is 5.80. The molecule has 0 aliphatic rings. The number of hydrogen-bond donors (Lipinski definition) is 2. The first-order chi connectivity index (χ1) is 9.09. The number of nitrogens with two attached hydrogens (primary N) is 1. The Morgan fingerprint density at radius 1 is 1.32 bits per heavy atom. The smallest absolute Gasteiger partial charge is 0.106 e. The summed E-state index contributed by atoms with van der Waals surface area (Å²) >= 11 is 5.10. The fraction of sp³-hybridized carbons (Fsp3) is 0.200.